The smallest absolute Gasteiger partial charge is 0.232 e. The van der Waals surface area contributed by atoms with Gasteiger partial charge in [0.2, 0.25) is 5.95 Å². The second kappa shape index (κ2) is 8.81. The van der Waals surface area contributed by atoms with Gasteiger partial charge in [-0.15, -0.1) is 10.2 Å². The Kier molecular flexibility index (Phi) is 5.57. The van der Waals surface area contributed by atoms with E-state index >= 15 is 0 Å². The number of carbonyl (C=O) groups is 1. The van der Waals surface area contributed by atoms with E-state index in [0.717, 1.165) is 17.0 Å². The molecule has 2 aliphatic rings. The lowest BCUT2D eigenvalue weighted by atomic mass is 9.87. The first-order valence-electron chi connectivity index (χ1n) is 10.7. The Hall–Kier alpha value is -3.70. The van der Waals surface area contributed by atoms with Crippen LogP contribution in [0, 0.1) is 17.2 Å². The third kappa shape index (κ3) is 3.72. The van der Waals surface area contributed by atoms with Crippen LogP contribution >= 0.6 is 0 Å². The van der Waals surface area contributed by atoms with Crippen molar-refractivity contribution in [1.82, 2.24) is 14.8 Å². The summed E-state index contributed by atoms with van der Waals surface area (Å²) in [6.45, 7) is 2.78. The highest BCUT2D eigenvalue weighted by Crippen LogP contribution is 2.32. The summed E-state index contributed by atoms with van der Waals surface area (Å²) in [6.07, 6.45) is 0.545. The Bertz CT molecular complexity index is 1150. The van der Waals surface area contributed by atoms with E-state index in [9.17, 15) is 10.1 Å². The van der Waals surface area contributed by atoms with Crippen LogP contribution < -0.4 is 9.64 Å². The Morgan fingerprint density at radius 3 is 2.59 bits per heavy atom. The van der Waals surface area contributed by atoms with E-state index in [4.69, 9.17) is 9.47 Å². The van der Waals surface area contributed by atoms with Gasteiger partial charge in [0.05, 0.1) is 37.5 Å². The Morgan fingerprint density at radius 2 is 1.81 bits per heavy atom. The number of fused-ring (bicyclic) bond motifs is 1. The van der Waals surface area contributed by atoms with Gasteiger partial charge in [-0.3, -0.25) is 9.36 Å². The maximum absolute atomic E-state index is 13.5. The maximum atomic E-state index is 13.5. The molecule has 0 saturated carbocycles. The normalized spacial score (nSPS) is 18.8. The molecule has 0 amide bonds. The molecule has 2 atom stereocenters. The molecule has 32 heavy (non-hydrogen) atoms. The summed E-state index contributed by atoms with van der Waals surface area (Å²) in [6, 6.07) is 19.5. The molecule has 2 aromatic carbocycles. The van der Waals surface area contributed by atoms with E-state index in [1.54, 1.807) is 0 Å². The van der Waals surface area contributed by atoms with Crippen LogP contribution in [0.2, 0.25) is 0 Å². The van der Waals surface area contributed by atoms with Crippen molar-refractivity contribution in [3.63, 3.8) is 0 Å². The van der Waals surface area contributed by atoms with Crippen LogP contribution in [0.4, 0.5) is 5.95 Å². The third-order valence-corrected chi connectivity index (χ3v) is 5.93. The van der Waals surface area contributed by atoms with Crippen molar-refractivity contribution in [3.8, 4) is 17.5 Å². The van der Waals surface area contributed by atoms with Crippen molar-refractivity contribution in [2.45, 2.75) is 12.3 Å². The van der Waals surface area contributed by atoms with Gasteiger partial charge in [0.25, 0.3) is 0 Å². The molecule has 1 saturated heterocycles. The van der Waals surface area contributed by atoms with E-state index in [0.29, 0.717) is 44.5 Å². The molecule has 2 unspecified atom stereocenters. The lowest BCUT2D eigenvalue weighted by molar-refractivity contribution is -0.124. The number of hydrogen-bond acceptors (Lipinski definition) is 7. The van der Waals surface area contributed by atoms with Crippen LogP contribution in [0.25, 0.3) is 5.69 Å². The van der Waals surface area contributed by atoms with Crippen molar-refractivity contribution in [3.05, 3.63) is 66.0 Å². The number of rotatable bonds is 5. The molecule has 0 aliphatic carbocycles. The highest BCUT2D eigenvalue weighted by molar-refractivity contribution is 5.90. The topological polar surface area (TPSA) is 93.3 Å². The fourth-order valence-electron chi connectivity index (χ4n) is 4.26. The van der Waals surface area contributed by atoms with Crippen LogP contribution in [-0.4, -0.2) is 53.5 Å². The number of morpholine rings is 1. The number of benzene rings is 2. The van der Waals surface area contributed by atoms with Crippen LogP contribution in [0.15, 0.2) is 54.6 Å². The number of carbonyl (C=O) groups excluding carboxylic acids is 1. The zero-order valence-corrected chi connectivity index (χ0v) is 17.6. The van der Waals surface area contributed by atoms with Gasteiger partial charge in [-0.1, -0.05) is 36.4 Å². The molecule has 0 radical (unpaired) electrons. The summed E-state index contributed by atoms with van der Waals surface area (Å²) in [4.78, 5) is 15.6. The molecule has 0 N–H and O–H groups in total. The predicted octanol–water partition coefficient (Wildman–Crippen LogP) is 2.53. The Labute approximate surface area is 186 Å². The first kappa shape index (κ1) is 20.2. The number of para-hydroxylation sites is 2. The average Bonchev–Trinajstić information content (AvgIpc) is 3.30. The summed E-state index contributed by atoms with van der Waals surface area (Å²) in [7, 11) is 0. The van der Waals surface area contributed by atoms with E-state index in [-0.39, 0.29) is 12.4 Å². The molecular weight excluding hydrogens is 406 g/mol. The lowest BCUT2D eigenvalue weighted by Gasteiger charge is -2.28. The number of Topliss-reactive ketones (excluding diaryl/α,β-unsaturated/α-hetero) is 1. The molecule has 162 valence electrons. The fourth-order valence-corrected chi connectivity index (χ4v) is 4.26. The van der Waals surface area contributed by atoms with Crippen molar-refractivity contribution in [2.24, 2.45) is 5.92 Å². The van der Waals surface area contributed by atoms with Crippen LogP contribution in [0.5, 0.6) is 5.75 Å². The Morgan fingerprint density at radius 1 is 1.06 bits per heavy atom. The predicted molar refractivity (Wildman–Crippen MR) is 117 cm³/mol. The summed E-state index contributed by atoms with van der Waals surface area (Å²) >= 11 is 0. The van der Waals surface area contributed by atoms with E-state index in [1.165, 1.54) is 0 Å². The van der Waals surface area contributed by atoms with Gasteiger partial charge < -0.3 is 14.4 Å². The fraction of sp³-hybridized carbons (Fsp3) is 0.333. The first-order chi connectivity index (χ1) is 15.8. The molecule has 3 heterocycles. The SMILES string of the molecule is N#CC(C(=O)C1COc2ccccc2C1)c1nnc(N2CCOCC2)n1-c1ccccc1. The second-order valence-corrected chi connectivity index (χ2v) is 7.91. The van der Waals surface area contributed by atoms with Crippen LogP contribution in [0.3, 0.4) is 0 Å². The number of aromatic nitrogens is 3. The van der Waals surface area contributed by atoms with Crippen LogP contribution in [0.1, 0.15) is 17.3 Å². The Balaban J connectivity index is 1.51. The van der Waals surface area contributed by atoms with Crippen molar-refractivity contribution >= 4 is 11.7 Å². The first-order valence-corrected chi connectivity index (χ1v) is 10.7. The molecule has 1 aromatic heterocycles. The molecule has 8 heteroatoms. The minimum Gasteiger partial charge on any atom is -0.493 e. The number of ketones is 1. The molecule has 2 aliphatic heterocycles. The molecule has 0 spiro atoms. The summed E-state index contributed by atoms with van der Waals surface area (Å²) < 4.78 is 13.1. The van der Waals surface area contributed by atoms with Gasteiger partial charge in [-0.25, -0.2) is 0 Å². The number of anilines is 1. The zero-order valence-electron chi connectivity index (χ0n) is 17.6. The third-order valence-electron chi connectivity index (χ3n) is 5.93. The van der Waals surface area contributed by atoms with Crippen molar-refractivity contribution in [1.29, 1.82) is 5.26 Å². The van der Waals surface area contributed by atoms with Gasteiger partial charge in [0.15, 0.2) is 17.5 Å². The standard InChI is InChI=1S/C24H23N5O3/c25-15-20(22(30)18-14-17-6-4-5-9-21(17)32-16-18)23-26-27-24(28-10-12-31-13-11-28)29(23)19-7-2-1-3-8-19/h1-9,18,20H,10-14,16H2. The highest BCUT2D eigenvalue weighted by Gasteiger charge is 2.36. The quantitative estimate of drug-likeness (QED) is 0.615. The van der Waals surface area contributed by atoms with Crippen molar-refractivity contribution in [2.75, 3.05) is 37.8 Å². The van der Waals surface area contributed by atoms with Gasteiger partial charge in [0, 0.05) is 13.1 Å². The number of nitrogens with zero attached hydrogens (tertiary/aromatic N) is 5. The number of hydrogen-bond donors (Lipinski definition) is 0. The zero-order chi connectivity index (χ0) is 21.9. The average molecular weight is 429 g/mol. The minimum atomic E-state index is -1.05. The summed E-state index contributed by atoms with van der Waals surface area (Å²) in [5, 5.41) is 18.8. The molecular formula is C24H23N5O3. The van der Waals surface area contributed by atoms with Gasteiger partial charge in [-0.2, -0.15) is 5.26 Å². The maximum Gasteiger partial charge on any atom is 0.232 e. The monoisotopic (exact) mass is 429 g/mol. The highest BCUT2D eigenvalue weighted by atomic mass is 16.5. The lowest BCUT2D eigenvalue weighted by Crippen LogP contribution is -2.38. The second-order valence-electron chi connectivity index (χ2n) is 7.91. The largest absolute Gasteiger partial charge is 0.493 e. The molecule has 5 rings (SSSR count). The van der Waals surface area contributed by atoms with E-state index in [1.807, 2.05) is 59.2 Å². The van der Waals surface area contributed by atoms with Gasteiger partial charge in [0.1, 0.15) is 5.75 Å². The van der Waals surface area contributed by atoms with Gasteiger partial charge in [-0.05, 0) is 30.2 Å². The summed E-state index contributed by atoms with van der Waals surface area (Å²) in [5.74, 6) is 0.0998. The molecule has 0 bridgehead atoms. The van der Waals surface area contributed by atoms with Gasteiger partial charge >= 0.3 is 0 Å². The molecule has 3 aromatic rings. The van der Waals surface area contributed by atoms with E-state index in [2.05, 4.69) is 21.2 Å². The van der Waals surface area contributed by atoms with E-state index < -0.39 is 11.8 Å². The van der Waals surface area contributed by atoms with Crippen molar-refractivity contribution < 1.29 is 14.3 Å². The molecule has 8 nitrogen and oxygen atoms in total. The minimum absolute atomic E-state index is 0.194. The number of nitriles is 1. The number of ether oxygens (including phenoxy) is 2. The van der Waals surface area contributed by atoms with Crippen LogP contribution in [-0.2, 0) is 16.0 Å². The summed E-state index contributed by atoms with van der Waals surface area (Å²) in [5.41, 5.74) is 1.79. The molecule has 1 fully saturated rings.